The van der Waals surface area contributed by atoms with Crippen LogP contribution >= 0.6 is 23.2 Å². The highest BCUT2D eigenvalue weighted by atomic mass is 35.5. The molecule has 1 aliphatic heterocycles. The smallest absolute Gasteiger partial charge is 0.337 e. The summed E-state index contributed by atoms with van der Waals surface area (Å²) < 4.78 is 5.98. The van der Waals surface area contributed by atoms with Crippen molar-refractivity contribution in [2.75, 3.05) is 0 Å². The first-order valence-electron chi connectivity index (χ1n) is 12.4. The third-order valence-electron chi connectivity index (χ3n) is 7.43. The van der Waals surface area contributed by atoms with E-state index >= 15 is 0 Å². The van der Waals surface area contributed by atoms with Crippen molar-refractivity contribution in [2.45, 2.75) is 69.8 Å². The van der Waals surface area contributed by atoms with Gasteiger partial charge in [0.2, 0.25) is 0 Å². The Labute approximate surface area is 216 Å². The lowest BCUT2D eigenvalue weighted by molar-refractivity contribution is -0.146. The van der Waals surface area contributed by atoms with Gasteiger partial charge in [0.15, 0.2) is 5.78 Å². The lowest BCUT2D eigenvalue weighted by atomic mass is 9.71. The molecule has 1 N–H and O–H groups in total. The monoisotopic (exact) mass is 509 g/mol. The van der Waals surface area contributed by atoms with Gasteiger partial charge in [-0.05, 0) is 74.3 Å². The van der Waals surface area contributed by atoms with Gasteiger partial charge >= 0.3 is 5.97 Å². The Balaban J connectivity index is 1.53. The maximum atomic E-state index is 13.7. The maximum Gasteiger partial charge on any atom is 0.337 e. The van der Waals surface area contributed by atoms with Crippen LogP contribution in [0.25, 0.3) is 0 Å². The molecule has 2 aromatic rings. The van der Waals surface area contributed by atoms with Crippen LogP contribution in [0.3, 0.4) is 0 Å². The average molecular weight is 510 g/mol. The number of esters is 1. The molecule has 2 aliphatic carbocycles. The fraction of sp³-hybridized carbons (Fsp3) is 0.379. The van der Waals surface area contributed by atoms with E-state index in [1.807, 2.05) is 55.5 Å². The van der Waals surface area contributed by atoms with Gasteiger partial charge in [0.25, 0.3) is 0 Å². The van der Waals surface area contributed by atoms with Gasteiger partial charge in [0, 0.05) is 39.4 Å². The van der Waals surface area contributed by atoms with E-state index in [4.69, 9.17) is 27.9 Å². The summed E-state index contributed by atoms with van der Waals surface area (Å²) in [6.45, 7) is 1.89. The summed E-state index contributed by atoms with van der Waals surface area (Å²) in [6.07, 6.45) is 6.06. The van der Waals surface area contributed by atoms with Crippen molar-refractivity contribution in [2.24, 2.45) is 0 Å². The van der Waals surface area contributed by atoms with Gasteiger partial charge in [-0.1, -0.05) is 60.0 Å². The molecule has 5 rings (SSSR count). The number of Topliss-reactive ketones (excluding diaryl/α,β-unsaturated/α-hetero) is 1. The minimum atomic E-state index is -0.547. The molecule has 0 amide bonds. The van der Waals surface area contributed by atoms with E-state index in [9.17, 15) is 9.59 Å². The predicted molar refractivity (Wildman–Crippen MR) is 138 cm³/mol. The van der Waals surface area contributed by atoms with Gasteiger partial charge in [-0.15, -0.1) is 0 Å². The first-order chi connectivity index (χ1) is 16.9. The Bertz CT molecular complexity index is 1210. The topological polar surface area (TPSA) is 55.4 Å². The number of halogens is 2. The van der Waals surface area contributed by atoms with E-state index < -0.39 is 5.92 Å². The minimum absolute atomic E-state index is 0.0269. The number of carbonyl (C=O) groups is 2. The zero-order valence-corrected chi connectivity index (χ0v) is 21.3. The van der Waals surface area contributed by atoms with Crippen molar-refractivity contribution in [3.05, 3.63) is 92.2 Å². The molecule has 4 nitrogen and oxygen atoms in total. The number of carbonyl (C=O) groups excluding carboxylic acids is 2. The Morgan fingerprint density at radius 3 is 2.40 bits per heavy atom. The second kappa shape index (κ2) is 10.2. The molecule has 0 spiro atoms. The van der Waals surface area contributed by atoms with Crippen molar-refractivity contribution in [1.29, 1.82) is 0 Å². The fourth-order valence-corrected chi connectivity index (χ4v) is 6.07. The Kier molecular flexibility index (Phi) is 7.04. The highest BCUT2D eigenvalue weighted by molar-refractivity contribution is 6.31. The molecule has 0 saturated heterocycles. The number of ether oxygens (including phenoxy) is 1. The molecule has 182 valence electrons. The van der Waals surface area contributed by atoms with E-state index in [0.717, 1.165) is 48.2 Å². The maximum absolute atomic E-state index is 13.7. The number of dihydropyridines is 1. The van der Waals surface area contributed by atoms with Crippen LogP contribution in [0, 0.1) is 0 Å². The normalized spacial score (nSPS) is 23.1. The highest BCUT2D eigenvalue weighted by Crippen LogP contribution is 2.47. The van der Waals surface area contributed by atoms with Gasteiger partial charge < -0.3 is 10.1 Å². The summed E-state index contributed by atoms with van der Waals surface area (Å²) in [4.78, 5) is 27.3. The Morgan fingerprint density at radius 1 is 0.971 bits per heavy atom. The Hall–Kier alpha value is -2.56. The standard InChI is InChI=1S/C29H29Cl2NO3/c1-17-26(29(34)35-21-7-3-2-4-8-21)27(22-9-5-6-10-23(22)31)28-24(32-17)15-19(16-25(28)33)18-11-13-20(30)14-12-18/h5-6,9-14,19,21,27,32H,2-4,7-8,15-16H2,1H3/t19-,27-/m0/s1. The summed E-state index contributed by atoms with van der Waals surface area (Å²) >= 11 is 12.7. The average Bonchev–Trinajstić information content (AvgIpc) is 2.84. The molecule has 1 fully saturated rings. The van der Waals surface area contributed by atoms with E-state index in [0.29, 0.717) is 34.0 Å². The van der Waals surface area contributed by atoms with Crippen LogP contribution < -0.4 is 5.32 Å². The first kappa shape index (κ1) is 24.1. The predicted octanol–water partition coefficient (Wildman–Crippen LogP) is 7.23. The van der Waals surface area contributed by atoms with Crippen LogP contribution in [0.2, 0.25) is 10.0 Å². The van der Waals surface area contributed by atoms with E-state index in [1.165, 1.54) is 6.42 Å². The number of hydrogen-bond acceptors (Lipinski definition) is 4. The summed E-state index contributed by atoms with van der Waals surface area (Å²) in [5, 5.41) is 4.62. The molecular formula is C29H29Cl2NO3. The number of nitrogens with one attached hydrogen (secondary N) is 1. The van der Waals surface area contributed by atoms with Crippen LogP contribution in [0.5, 0.6) is 0 Å². The number of rotatable bonds is 4. The minimum Gasteiger partial charge on any atom is -0.459 e. The number of hydrogen-bond donors (Lipinski definition) is 1. The van der Waals surface area contributed by atoms with Gasteiger partial charge in [0.1, 0.15) is 6.10 Å². The van der Waals surface area contributed by atoms with Gasteiger partial charge in [-0.3, -0.25) is 4.79 Å². The molecule has 35 heavy (non-hydrogen) atoms. The van der Waals surface area contributed by atoms with Crippen molar-refractivity contribution in [3.8, 4) is 0 Å². The van der Waals surface area contributed by atoms with Crippen molar-refractivity contribution in [3.63, 3.8) is 0 Å². The first-order valence-corrected chi connectivity index (χ1v) is 13.1. The number of ketones is 1. The third-order valence-corrected chi connectivity index (χ3v) is 8.03. The lowest BCUT2D eigenvalue weighted by Crippen LogP contribution is -2.37. The van der Waals surface area contributed by atoms with Crippen LogP contribution in [-0.4, -0.2) is 17.9 Å². The van der Waals surface area contributed by atoms with Crippen molar-refractivity contribution in [1.82, 2.24) is 5.32 Å². The molecule has 3 aliphatic rings. The molecule has 6 heteroatoms. The molecule has 1 heterocycles. The van der Waals surface area contributed by atoms with E-state index in [1.54, 1.807) is 0 Å². The van der Waals surface area contributed by atoms with Gasteiger partial charge in [0.05, 0.1) is 5.57 Å². The summed E-state index contributed by atoms with van der Waals surface area (Å²) in [5.41, 5.74) is 4.54. The number of benzene rings is 2. The summed E-state index contributed by atoms with van der Waals surface area (Å²) in [7, 11) is 0. The van der Waals surface area contributed by atoms with Crippen LogP contribution in [0.15, 0.2) is 71.1 Å². The van der Waals surface area contributed by atoms with Crippen molar-refractivity contribution < 1.29 is 14.3 Å². The van der Waals surface area contributed by atoms with Crippen molar-refractivity contribution >= 4 is 35.0 Å². The quantitative estimate of drug-likeness (QED) is 0.441. The molecular weight excluding hydrogens is 481 g/mol. The summed E-state index contributed by atoms with van der Waals surface area (Å²) in [5.74, 6) is -0.832. The molecule has 0 radical (unpaired) electrons. The van der Waals surface area contributed by atoms with Crippen LogP contribution in [0.1, 0.15) is 74.8 Å². The summed E-state index contributed by atoms with van der Waals surface area (Å²) in [6, 6.07) is 15.1. The SMILES string of the molecule is CC1=C(C(=O)OC2CCCCC2)[C@H](c2ccccc2Cl)C2=C(C[C@H](c3ccc(Cl)cc3)CC2=O)N1. The van der Waals surface area contributed by atoms with Gasteiger partial charge in [-0.25, -0.2) is 4.79 Å². The molecule has 2 atom stereocenters. The van der Waals surface area contributed by atoms with E-state index in [2.05, 4.69) is 5.32 Å². The second-order valence-corrected chi connectivity index (χ2v) is 10.6. The second-order valence-electron chi connectivity index (χ2n) is 9.76. The molecule has 0 aromatic heterocycles. The lowest BCUT2D eigenvalue weighted by Gasteiger charge is -2.37. The van der Waals surface area contributed by atoms with Crippen LogP contribution in [-0.2, 0) is 14.3 Å². The van der Waals surface area contributed by atoms with E-state index in [-0.39, 0.29) is 23.8 Å². The number of allylic oxidation sites excluding steroid dienone is 3. The molecule has 1 saturated carbocycles. The largest absolute Gasteiger partial charge is 0.459 e. The zero-order chi connectivity index (χ0) is 24.5. The zero-order valence-electron chi connectivity index (χ0n) is 19.8. The van der Waals surface area contributed by atoms with Crippen LogP contribution in [0.4, 0.5) is 0 Å². The third kappa shape index (κ3) is 4.92. The highest BCUT2D eigenvalue weighted by Gasteiger charge is 2.42. The Morgan fingerprint density at radius 2 is 1.69 bits per heavy atom. The van der Waals surface area contributed by atoms with Gasteiger partial charge in [-0.2, -0.15) is 0 Å². The fourth-order valence-electron chi connectivity index (χ4n) is 5.70. The molecule has 0 unspecified atom stereocenters. The molecule has 2 aromatic carbocycles. The molecule has 0 bridgehead atoms.